The molecule has 1 aliphatic rings. The number of aryl methyl sites for hydroxylation is 2. The number of hydrogen-bond donors (Lipinski definition) is 1. The SMILES string of the molecule is COc1cc(NC(=O)CSc2ncnc3sc(C)c(C)c23)c(C(=O)N2CCCC2)cc1OC. The number of benzene rings is 1. The van der Waals surface area contributed by atoms with Crippen LogP contribution in [0.4, 0.5) is 5.69 Å². The zero-order valence-electron chi connectivity index (χ0n) is 19.1. The van der Waals surface area contributed by atoms with Gasteiger partial charge in [-0.3, -0.25) is 9.59 Å². The molecule has 0 spiro atoms. The molecule has 0 radical (unpaired) electrons. The molecule has 4 rings (SSSR count). The number of anilines is 1. The third-order valence-corrected chi connectivity index (χ3v) is 7.80. The maximum absolute atomic E-state index is 13.1. The van der Waals surface area contributed by atoms with Crippen LogP contribution in [0.5, 0.6) is 11.5 Å². The van der Waals surface area contributed by atoms with E-state index in [1.807, 2.05) is 6.92 Å². The predicted octanol–water partition coefficient (Wildman–Crippen LogP) is 4.29. The van der Waals surface area contributed by atoms with Crippen molar-refractivity contribution >= 4 is 50.8 Å². The summed E-state index contributed by atoms with van der Waals surface area (Å²) >= 11 is 2.98. The van der Waals surface area contributed by atoms with E-state index in [0.717, 1.165) is 33.6 Å². The molecule has 1 N–H and O–H groups in total. The Labute approximate surface area is 200 Å². The van der Waals surface area contributed by atoms with Crippen molar-refractivity contribution < 1.29 is 19.1 Å². The number of aromatic nitrogens is 2. The number of carbonyl (C=O) groups is 2. The van der Waals surface area contributed by atoms with Gasteiger partial charge in [-0.05, 0) is 38.3 Å². The van der Waals surface area contributed by atoms with E-state index in [1.54, 1.807) is 28.4 Å². The van der Waals surface area contributed by atoms with Gasteiger partial charge in [-0.25, -0.2) is 9.97 Å². The molecule has 1 aliphatic heterocycles. The summed E-state index contributed by atoms with van der Waals surface area (Å²) in [6.07, 6.45) is 3.48. The number of methoxy groups -OCH3 is 2. The van der Waals surface area contributed by atoms with Crippen LogP contribution in [-0.2, 0) is 4.79 Å². The molecular formula is C23H26N4O4S2. The molecule has 0 unspecified atom stereocenters. The molecule has 0 saturated carbocycles. The molecule has 2 aromatic heterocycles. The lowest BCUT2D eigenvalue weighted by atomic mass is 10.1. The summed E-state index contributed by atoms with van der Waals surface area (Å²) < 4.78 is 10.8. The molecule has 174 valence electrons. The summed E-state index contributed by atoms with van der Waals surface area (Å²) in [4.78, 5) is 38.7. The Morgan fingerprint density at radius 1 is 1.12 bits per heavy atom. The van der Waals surface area contributed by atoms with E-state index in [0.29, 0.717) is 35.8 Å². The standard InChI is InChI=1S/C23H26N4O4S2/c1-13-14(2)33-22-20(13)21(24-12-25-22)32-11-19(28)26-16-10-18(31-4)17(30-3)9-15(16)23(29)27-7-5-6-8-27/h9-10,12H,5-8,11H2,1-4H3,(H,26,28). The van der Waals surface area contributed by atoms with E-state index in [4.69, 9.17) is 9.47 Å². The molecule has 3 heterocycles. The molecule has 1 saturated heterocycles. The molecule has 0 bridgehead atoms. The van der Waals surface area contributed by atoms with Crippen LogP contribution >= 0.6 is 23.1 Å². The van der Waals surface area contributed by atoms with Gasteiger partial charge < -0.3 is 19.7 Å². The number of amides is 2. The first kappa shape index (κ1) is 23.3. The van der Waals surface area contributed by atoms with Gasteiger partial charge >= 0.3 is 0 Å². The quantitative estimate of drug-likeness (QED) is 0.393. The summed E-state index contributed by atoms with van der Waals surface area (Å²) in [6, 6.07) is 3.27. The average Bonchev–Trinajstić information content (AvgIpc) is 3.45. The fourth-order valence-electron chi connectivity index (χ4n) is 3.83. The zero-order chi connectivity index (χ0) is 23.5. The molecule has 2 amide bonds. The first-order valence-electron chi connectivity index (χ1n) is 10.6. The number of rotatable bonds is 7. The minimum absolute atomic E-state index is 0.127. The number of nitrogens with one attached hydrogen (secondary N) is 1. The second kappa shape index (κ2) is 9.96. The Kier molecular flexibility index (Phi) is 7.04. The number of thioether (sulfide) groups is 1. The normalized spacial score (nSPS) is 13.4. The van der Waals surface area contributed by atoms with Crippen LogP contribution in [0.15, 0.2) is 23.5 Å². The molecule has 0 atom stereocenters. The maximum atomic E-state index is 13.1. The Morgan fingerprint density at radius 3 is 2.52 bits per heavy atom. The van der Waals surface area contributed by atoms with Gasteiger partial charge in [-0.15, -0.1) is 11.3 Å². The van der Waals surface area contributed by atoms with Gasteiger partial charge in [0.25, 0.3) is 5.91 Å². The smallest absolute Gasteiger partial charge is 0.256 e. The van der Waals surface area contributed by atoms with Crippen molar-refractivity contribution in [3.63, 3.8) is 0 Å². The first-order chi connectivity index (χ1) is 15.9. The fraction of sp³-hybridized carbons (Fsp3) is 0.391. The number of ether oxygens (including phenoxy) is 2. The van der Waals surface area contributed by atoms with E-state index in [1.165, 1.54) is 37.2 Å². The molecule has 1 fully saturated rings. The van der Waals surface area contributed by atoms with Crippen molar-refractivity contribution in [3.8, 4) is 11.5 Å². The monoisotopic (exact) mass is 486 g/mol. The van der Waals surface area contributed by atoms with Gasteiger partial charge in [0.2, 0.25) is 5.91 Å². The summed E-state index contributed by atoms with van der Waals surface area (Å²) in [6.45, 7) is 5.51. The van der Waals surface area contributed by atoms with E-state index >= 15 is 0 Å². The lowest BCUT2D eigenvalue weighted by molar-refractivity contribution is -0.113. The molecule has 33 heavy (non-hydrogen) atoms. The summed E-state index contributed by atoms with van der Waals surface area (Å²) in [5.74, 6) is 0.670. The number of fused-ring (bicyclic) bond motifs is 1. The van der Waals surface area contributed by atoms with Crippen molar-refractivity contribution in [2.75, 3.05) is 38.4 Å². The van der Waals surface area contributed by atoms with Crippen LogP contribution in [0, 0.1) is 13.8 Å². The minimum atomic E-state index is -0.237. The topological polar surface area (TPSA) is 93.7 Å². The van der Waals surface area contributed by atoms with Crippen molar-refractivity contribution in [2.45, 2.75) is 31.7 Å². The van der Waals surface area contributed by atoms with Crippen molar-refractivity contribution in [1.29, 1.82) is 0 Å². The fourth-order valence-corrected chi connectivity index (χ4v) is 5.75. The Morgan fingerprint density at radius 2 is 1.82 bits per heavy atom. The predicted molar refractivity (Wildman–Crippen MR) is 131 cm³/mol. The Bertz CT molecular complexity index is 1200. The van der Waals surface area contributed by atoms with E-state index in [9.17, 15) is 9.59 Å². The van der Waals surface area contributed by atoms with Crippen LogP contribution < -0.4 is 14.8 Å². The zero-order valence-corrected chi connectivity index (χ0v) is 20.7. The highest BCUT2D eigenvalue weighted by Gasteiger charge is 2.25. The maximum Gasteiger partial charge on any atom is 0.256 e. The van der Waals surface area contributed by atoms with Crippen LogP contribution in [0.3, 0.4) is 0 Å². The van der Waals surface area contributed by atoms with Gasteiger partial charge in [-0.2, -0.15) is 0 Å². The van der Waals surface area contributed by atoms with Crippen molar-refractivity contribution in [1.82, 2.24) is 14.9 Å². The molecule has 10 heteroatoms. The van der Waals surface area contributed by atoms with Gasteiger partial charge in [0.15, 0.2) is 11.5 Å². The summed E-state index contributed by atoms with van der Waals surface area (Å²) in [7, 11) is 3.04. The minimum Gasteiger partial charge on any atom is -0.493 e. The number of hydrogen-bond acceptors (Lipinski definition) is 8. The van der Waals surface area contributed by atoms with E-state index in [-0.39, 0.29) is 17.6 Å². The number of carbonyl (C=O) groups excluding carboxylic acids is 2. The second-order valence-electron chi connectivity index (χ2n) is 7.73. The molecule has 1 aromatic carbocycles. The third kappa shape index (κ3) is 4.77. The second-order valence-corrected chi connectivity index (χ2v) is 9.90. The van der Waals surface area contributed by atoms with Gasteiger partial charge in [0, 0.05) is 29.4 Å². The average molecular weight is 487 g/mol. The molecule has 8 nitrogen and oxygen atoms in total. The highest BCUT2D eigenvalue weighted by Crippen LogP contribution is 2.36. The third-order valence-electron chi connectivity index (χ3n) is 5.69. The van der Waals surface area contributed by atoms with Gasteiger partial charge in [-0.1, -0.05) is 11.8 Å². The lowest BCUT2D eigenvalue weighted by Gasteiger charge is -2.20. The Hall–Kier alpha value is -2.85. The van der Waals surface area contributed by atoms with Crippen LogP contribution in [0.1, 0.15) is 33.6 Å². The van der Waals surface area contributed by atoms with Crippen molar-refractivity contribution in [2.24, 2.45) is 0 Å². The molecular weight excluding hydrogens is 460 g/mol. The van der Waals surface area contributed by atoms with E-state index < -0.39 is 0 Å². The molecule has 3 aromatic rings. The lowest BCUT2D eigenvalue weighted by Crippen LogP contribution is -2.29. The first-order valence-corrected chi connectivity index (χ1v) is 12.4. The van der Waals surface area contributed by atoms with E-state index in [2.05, 4.69) is 22.2 Å². The molecule has 0 aliphatic carbocycles. The Balaban J connectivity index is 1.56. The van der Waals surface area contributed by atoms with Crippen molar-refractivity contribution in [3.05, 3.63) is 34.5 Å². The number of likely N-dealkylation sites (tertiary alicyclic amines) is 1. The van der Waals surface area contributed by atoms with Crippen LogP contribution in [0.2, 0.25) is 0 Å². The van der Waals surface area contributed by atoms with Gasteiger partial charge in [0.05, 0.1) is 31.2 Å². The summed E-state index contributed by atoms with van der Waals surface area (Å²) in [5, 5.41) is 4.67. The number of nitrogens with zero attached hydrogens (tertiary/aromatic N) is 3. The van der Waals surface area contributed by atoms with Gasteiger partial charge in [0.1, 0.15) is 16.2 Å². The van der Waals surface area contributed by atoms with Crippen LogP contribution in [-0.4, -0.2) is 59.7 Å². The van der Waals surface area contributed by atoms with Crippen LogP contribution in [0.25, 0.3) is 10.2 Å². The highest BCUT2D eigenvalue weighted by atomic mass is 32.2. The largest absolute Gasteiger partial charge is 0.493 e. The highest BCUT2D eigenvalue weighted by molar-refractivity contribution is 8.00. The summed E-state index contributed by atoms with van der Waals surface area (Å²) in [5.41, 5.74) is 1.93. The number of thiophene rings is 1.